The number of imidazole rings is 1. The van der Waals surface area contributed by atoms with Gasteiger partial charge in [0, 0.05) is 23.9 Å². The zero-order chi connectivity index (χ0) is 22.2. The zero-order valence-corrected chi connectivity index (χ0v) is 18.1. The van der Waals surface area contributed by atoms with E-state index in [1.807, 2.05) is 52.6 Å². The minimum Gasteiger partial charge on any atom is -0.495 e. The van der Waals surface area contributed by atoms with E-state index < -0.39 is 0 Å². The number of benzene rings is 2. The fourth-order valence-corrected chi connectivity index (χ4v) is 4.55. The van der Waals surface area contributed by atoms with Crippen molar-refractivity contribution in [1.82, 2.24) is 14.1 Å². The fourth-order valence-electron chi connectivity index (χ4n) is 4.55. The summed E-state index contributed by atoms with van der Waals surface area (Å²) in [6.45, 7) is 1.94. The third kappa shape index (κ3) is 3.62. The molecule has 1 atom stereocenters. The van der Waals surface area contributed by atoms with Gasteiger partial charge < -0.3 is 13.9 Å². The highest BCUT2D eigenvalue weighted by atomic mass is 19.1. The predicted molar refractivity (Wildman–Crippen MR) is 121 cm³/mol. The molecule has 0 fully saturated rings. The van der Waals surface area contributed by atoms with Crippen molar-refractivity contribution in [2.24, 2.45) is 0 Å². The van der Waals surface area contributed by atoms with Crippen molar-refractivity contribution in [2.45, 2.75) is 32.2 Å². The number of rotatable bonds is 5. The van der Waals surface area contributed by atoms with E-state index in [4.69, 9.17) is 4.74 Å². The molecular formula is C26H24FN3O2. The van der Waals surface area contributed by atoms with Crippen LogP contribution in [0.5, 0.6) is 5.75 Å². The number of hydrogen-bond acceptors (Lipinski definition) is 3. The van der Waals surface area contributed by atoms with Gasteiger partial charge in [-0.05, 0) is 61.2 Å². The Bertz CT molecular complexity index is 1340. The number of methoxy groups -OCH3 is 1. The summed E-state index contributed by atoms with van der Waals surface area (Å²) in [4.78, 5) is 17.7. The van der Waals surface area contributed by atoms with Crippen molar-refractivity contribution in [3.63, 3.8) is 0 Å². The van der Waals surface area contributed by atoms with Crippen LogP contribution < -0.4 is 10.3 Å². The molecular weight excluding hydrogens is 405 g/mol. The van der Waals surface area contributed by atoms with Crippen LogP contribution in [0.15, 0.2) is 71.9 Å². The lowest BCUT2D eigenvalue weighted by Gasteiger charge is -2.17. The van der Waals surface area contributed by atoms with E-state index in [9.17, 15) is 9.18 Å². The lowest BCUT2D eigenvalue weighted by molar-refractivity contribution is 0.412. The molecule has 0 bridgehead atoms. The molecule has 1 unspecified atom stereocenters. The van der Waals surface area contributed by atoms with E-state index in [2.05, 4.69) is 4.98 Å². The van der Waals surface area contributed by atoms with Crippen LogP contribution in [-0.4, -0.2) is 21.2 Å². The zero-order valence-electron chi connectivity index (χ0n) is 18.1. The summed E-state index contributed by atoms with van der Waals surface area (Å²) in [6.07, 6.45) is 5.89. The minimum absolute atomic E-state index is 0.0163. The molecule has 2 aromatic heterocycles. The van der Waals surface area contributed by atoms with Gasteiger partial charge in [0.2, 0.25) is 0 Å². The highest BCUT2D eigenvalue weighted by Crippen LogP contribution is 2.31. The minimum atomic E-state index is -0.267. The van der Waals surface area contributed by atoms with Crippen molar-refractivity contribution >= 4 is 0 Å². The van der Waals surface area contributed by atoms with Crippen molar-refractivity contribution in [1.29, 1.82) is 0 Å². The second-order valence-corrected chi connectivity index (χ2v) is 8.24. The van der Waals surface area contributed by atoms with Crippen LogP contribution in [0.4, 0.5) is 4.39 Å². The Morgan fingerprint density at radius 3 is 2.66 bits per heavy atom. The maximum atomic E-state index is 13.4. The maximum Gasteiger partial charge on any atom is 0.254 e. The van der Waals surface area contributed by atoms with Gasteiger partial charge >= 0.3 is 0 Å². The number of halogens is 1. The number of pyridine rings is 1. The highest BCUT2D eigenvalue weighted by Gasteiger charge is 2.25. The molecule has 0 saturated carbocycles. The molecule has 162 valence electrons. The molecule has 0 saturated heterocycles. The molecule has 0 spiro atoms. The number of ether oxygens (including phenoxy) is 1. The van der Waals surface area contributed by atoms with Gasteiger partial charge in [-0.15, -0.1) is 0 Å². The Morgan fingerprint density at radius 1 is 1.12 bits per heavy atom. The molecule has 0 radical (unpaired) electrons. The Hall–Kier alpha value is -3.67. The molecule has 1 aliphatic rings. The molecule has 1 aliphatic heterocycles. The van der Waals surface area contributed by atoms with Crippen molar-refractivity contribution in [3.05, 3.63) is 111 Å². The van der Waals surface area contributed by atoms with Gasteiger partial charge in [-0.3, -0.25) is 4.79 Å². The predicted octanol–water partition coefficient (Wildman–Crippen LogP) is 4.62. The van der Waals surface area contributed by atoms with Crippen LogP contribution in [-0.2, 0) is 12.8 Å². The largest absolute Gasteiger partial charge is 0.495 e. The fraction of sp³-hybridized carbons (Fsp3) is 0.231. The molecule has 5 nitrogen and oxygen atoms in total. The van der Waals surface area contributed by atoms with E-state index in [1.165, 1.54) is 12.1 Å². The second-order valence-electron chi connectivity index (χ2n) is 8.24. The van der Waals surface area contributed by atoms with Crippen molar-refractivity contribution < 1.29 is 9.13 Å². The van der Waals surface area contributed by atoms with Crippen LogP contribution >= 0.6 is 0 Å². The Labute approximate surface area is 185 Å². The van der Waals surface area contributed by atoms with Crippen LogP contribution in [0.3, 0.4) is 0 Å². The van der Waals surface area contributed by atoms with E-state index in [0.717, 1.165) is 52.4 Å². The molecule has 32 heavy (non-hydrogen) atoms. The van der Waals surface area contributed by atoms with Gasteiger partial charge in [-0.2, -0.15) is 0 Å². The third-order valence-corrected chi connectivity index (χ3v) is 6.15. The molecule has 2 aromatic carbocycles. The number of aromatic nitrogens is 3. The monoisotopic (exact) mass is 429 g/mol. The van der Waals surface area contributed by atoms with Crippen LogP contribution in [0, 0.1) is 12.7 Å². The first-order valence-electron chi connectivity index (χ1n) is 10.7. The normalized spacial score (nSPS) is 15.0. The summed E-state index contributed by atoms with van der Waals surface area (Å²) in [5, 5.41) is 0. The first kappa shape index (κ1) is 20.2. The van der Waals surface area contributed by atoms with Crippen LogP contribution in [0.25, 0.3) is 5.69 Å². The number of aryl methyl sites for hydroxylation is 2. The Kier molecular flexibility index (Phi) is 5.13. The highest BCUT2D eigenvalue weighted by molar-refractivity contribution is 5.50. The van der Waals surface area contributed by atoms with Gasteiger partial charge in [0.15, 0.2) is 0 Å². The summed E-state index contributed by atoms with van der Waals surface area (Å²) in [5.41, 5.74) is 5.56. The smallest absolute Gasteiger partial charge is 0.254 e. The summed E-state index contributed by atoms with van der Waals surface area (Å²) in [7, 11) is 1.64. The van der Waals surface area contributed by atoms with E-state index in [1.54, 1.807) is 25.6 Å². The average molecular weight is 429 g/mol. The molecule has 0 amide bonds. The average Bonchev–Trinajstić information content (AvgIpc) is 3.43. The topological polar surface area (TPSA) is 49.0 Å². The Balaban J connectivity index is 1.47. The van der Waals surface area contributed by atoms with Crippen LogP contribution in [0.1, 0.15) is 40.5 Å². The van der Waals surface area contributed by atoms with Gasteiger partial charge in [0.25, 0.3) is 5.56 Å². The number of hydrogen-bond donors (Lipinski definition) is 0. The number of nitrogens with zero attached hydrogens (tertiary/aromatic N) is 3. The van der Waals surface area contributed by atoms with Crippen molar-refractivity contribution in [3.8, 4) is 11.4 Å². The van der Waals surface area contributed by atoms with Crippen LogP contribution in [0.2, 0.25) is 0 Å². The SMILES string of the molecule is COc1cc(Cc2ccc3n(c2=O)C(c2ccc(F)cc2)CC3)ccc1-n1cnc(C)c1. The van der Waals surface area contributed by atoms with Gasteiger partial charge in [0.05, 0.1) is 30.9 Å². The quantitative estimate of drug-likeness (QED) is 0.465. The van der Waals surface area contributed by atoms with Gasteiger partial charge in [-0.1, -0.05) is 24.3 Å². The molecule has 0 aliphatic carbocycles. The third-order valence-electron chi connectivity index (χ3n) is 6.15. The standard InChI is InChI=1S/C26H24FN3O2/c1-17-15-29(16-28-17)24-11-3-18(14-25(24)32-2)13-20-6-9-22-10-12-23(30(22)26(20)31)19-4-7-21(27)8-5-19/h3-9,11,14-16,23H,10,12-13H2,1-2H3. The molecule has 3 heterocycles. The lowest BCUT2D eigenvalue weighted by atomic mass is 10.0. The Morgan fingerprint density at radius 2 is 1.94 bits per heavy atom. The number of fused-ring (bicyclic) bond motifs is 1. The summed E-state index contributed by atoms with van der Waals surface area (Å²) in [6, 6.07) is 16.4. The second kappa shape index (κ2) is 8.11. The first-order chi connectivity index (χ1) is 15.5. The molecule has 0 N–H and O–H groups in total. The van der Waals surface area contributed by atoms with Gasteiger partial charge in [0.1, 0.15) is 11.6 Å². The maximum absolute atomic E-state index is 13.4. The molecule has 5 rings (SSSR count). The molecule has 4 aromatic rings. The summed E-state index contributed by atoms with van der Waals surface area (Å²) in [5.74, 6) is 0.460. The lowest BCUT2D eigenvalue weighted by Crippen LogP contribution is -2.26. The van der Waals surface area contributed by atoms with E-state index >= 15 is 0 Å². The summed E-state index contributed by atoms with van der Waals surface area (Å²) >= 11 is 0. The van der Waals surface area contributed by atoms with Crippen molar-refractivity contribution in [2.75, 3.05) is 7.11 Å². The van der Waals surface area contributed by atoms with E-state index in [-0.39, 0.29) is 17.4 Å². The summed E-state index contributed by atoms with van der Waals surface area (Å²) < 4.78 is 22.8. The molecule has 6 heteroatoms. The van der Waals surface area contributed by atoms with Gasteiger partial charge in [-0.25, -0.2) is 9.37 Å². The van der Waals surface area contributed by atoms with E-state index in [0.29, 0.717) is 6.42 Å². The first-order valence-corrected chi connectivity index (χ1v) is 10.7.